The Hall–Kier alpha value is -2.46. The number of anilines is 2. The van der Waals surface area contributed by atoms with Gasteiger partial charge in [0.25, 0.3) is 0 Å². The molecule has 3 aromatic rings. The fraction of sp³-hybridized carbons (Fsp3) is 0.500. The lowest BCUT2D eigenvalue weighted by Gasteiger charge is -2.19. The van der Waals surface area contributed by atoms with Crippen LogP contribution in [0.4, 0.5) is 24.9 Å². The van der Waals surface area contributed by atoms with Crippen LogP contribution in [-0.2, 0) is 6.42 Å². The van der Waals surface area contributed by atoms with Crippen molar-refractivity contribution in [2.75, 3.05) is 23.8 Å². The predicted molar refractivity (Wildman–Crippen MR) is 120 cm³/mol. The van der Waals surface area contributed by atoms with Gasteiger partial charge in [0.15, 0.2) is 0 Å². The van der Waals surface area contributed by atoms with Crippen molar-refractivity contribution in [3.63, 3.8) is 0 Å². The van der Waals surface area contributed by atoms with Crippen molar-refractivity contribution >= 4 is 33.3 Å². The molecule has 1 unspecified atom stereocenters. The van der Waals surface area contributed by atoms with Crippen molar-refractivity contribution in [2.45, 2.75) is 51.7 Å². The third-order valence-corrected chi connectivity index (χ3v) is 6.74. The lowest BCUT2D eigenvalue weighted by atomic mass is 10.1. The van der Waals surface area contributed by atoms with Gasteiger partial charge in [0.2, 0.25) is 5.95 Å². The largest absolute Gasteiger partial charge is 0.405 e. The number of aliphatic hydroxyl groups excluding tert-OH is 1. The maximum atomic E-state index is 12.7. The average molecular weight is 466 g/mol. The molecule has 1 saturated carbocycles. The highest BCUT2D eigenvalue weighted by molar-refractivity contribution is 7.18. The van der Waals surface area contributed by atoms with E-state index in [0.717, 1.165) is 45.6 Å². The first-order valence-electron chi connectivity index (χ1n) is 10.6. The summed E-state index contributed by atoms with van der Waals surface area (Å²) in [6.07, 6.45) is -1.29. The molecule has 2 aromatic heterocycles. The predicted octanol–water partition coefficient (Wildman–Crippen LogP) is 4.84. The van der Waals surface area contributed by atoms with E-state index in [4.69, 9.17) is 4.98 Å². The summed E-state index contributed by atoms with van der Waals surface area (Å²) in [4.78, 5) is 13.4. The van der Waals surface area contributed by atoms with Crippen LogP contribution in [0.5, 0.6) is 0 Å². The summed E-state index contributed by atoms with van der Waals surface area (Å²) >= 11 is 1.60. The molecule has 1 aromatic carbocycles. The van der Waals surface area contributed by atoms with Crippen LogP contribution >= 0.6 is 11.3 Å². The van der Waals surface area contributed by atoms with Gasteiger partial charge in [-0.2, -0.15) is 18.2 Å². The van der Waals surface area contributed by atoms with Gasteiger partial charge in [-0.15, -0.1) is 11.3 Å². The topological polar surface area (TPSA) is 83.0 Å². The standard InChI is InChI=1S/C22H26F3N5OS/c1-12-3-6-17-18(7-12)32-19(29-17)9-16-13(2)27-21(26-11-22(23,24)25)30-20(16)28-15-5-4-14(8-15)10-31/h3,6-7,14-15,31H,4-5,8-11H2,1-2H3,(H2,26,27,28,30)/t14?,15-/m0/s1. The van der Waals surface area contributed by atoms with Gasteiger partial charge in [0, 0.05) is 30.3 Å². The van der Waals surface area contributed by atoms with Gasteiger partial charge in [-0.25, -0.2) is 9.97 Å². The zero-order chi connectivity index (χ0) is 22.9. The first-order chi connectivity index (χ1) is 15.2. The number of alkyl halides is 3. The highest BCUT2D eigenvalue weighted by Crippen LogP contribution is 2.32. The van der Waals surface area contributed by atoms with Gasteiger partial charge in [0.1, 0.15) is 12.4 Å². The number of nitrogens with zero attached hydrogens (tertiary/aromatic N) is 3. The molecule has 0 radical (unpaired) electrons. The van der Waals surface area contributed by atoms with Crippen molar-refractivity contribution in [1.82, 2.24) is 15.0 Å². The number of hydrogen-bond acceptors (Lipinski definition) is 7. The van der Waals surface area contributed by atoms with E-state index >= 15 is 0 Å². The highest BCUT2D eigenvalue weighted by atomic mass is 32.1. The van der Waals surface area contributed by atoms with Crippen LogP contribution in [-0.4, -0.2) is 45.4 Å². The monoisotopic (exact) mass is 465 g/mol. The van der Waals surface area contributed by atoms with E-state index in [1.54, 1.807) is 18.3 Å². The van der Waals surface area contributed by atoms with E-state index in [0.29, 0.717) is 17.9 Å². The molecule has 1 aliphatic carbocycles. The SMILES string of the molecule is Cc1ccc2nc(Cc3c(C)nc(NCC(F)(F)F)nc3N[C@H]3CCC(CO)C3)sc2c1. The number of nitrogens with one attached hydrogen (secondary N) is 2. The molecule has 3 N–H and O–H groups in total. The Morgan fingerprint density at radius 3 is 2.69 bits per heavy atom. The smallest absolute Gasteiger partial charge is 0.396 e. The van der Waals surface area contributed by atoms with Crippen LogP contribution in [0.25, 0.3) is 10.2 Å². The Balaban J connectivity index is 1.63. The first kappa shape index (κ1) is 22.7. The van der Waals surface area contributed by atoms with Crippen LogP contribution in [0.2, 0.25) is 0 Å². The van der Waals surface area contributed by atoms with E-state index in [1.165, 1.54) is 0 Å². The average Bonchev–Trinajstić information content (AvgIpc) is 3.34. The molecule has 32 heavy (non-hydrogen) atoms. The summed E-state index contributed by atoms with van der Waals surface area (Å²) in [5.74, 6) is 0.707. The van der Waals surface area contributed by atoms with Crippen LogP contribution < -0.4 is 10.6 Å². The third kappa shape index (κ3) is 5.47. The number of fused-ring (bicyclic) bond motifs is 1. The number of hydrogen-bond donors (Lipinski definition) is 3. The van der Waals surface area contributed by atoms with E-state index in [9.17, 15) is 18.3 Å². The van der Waals surface area contributed by atoms with E-state index in [2.05, 4.69) is 26.7 Å². The summed E-state index contributed by atoms with van der Waals surface area (Å²) in [5, 5.41) is 16.0. The second kappa shape index (κ2) is 9.19. The highest BCUT2D eigenvalue weighted by Gasteiger charge is 2.28. The van der Waals surface area contributed by atoms with E-state index in [-0.39, 0.29) is 24.5 Å². The third-order valence-electron chi connectivity index (χ3n) is 5.72. The molecule has 0 aliphatic heterocycles. The number of thiazole rings is 1. The number of rotatable bonds is 7. The molecule has 0 spiro atoms. The Bertz CT molecular complexity index is 1100. The van der Waals surface area contributed by atoms with Crippen LogP contribution in [0.3, 0.4) is 0 Å². The fourth-order valence-electron chi connectivity index (χ4n) is 4.06. The molecule has 172 valence electrons. The first-order valence-corrected chi connectivity index (χ1v) is 11.4. The number of aromatic nitrogens is 3. The molecular weight excluding hydrogens is 439 g/mol. The quantitative estimate of drug-likeness (QED) is 0.463. The number of halogens is 3. The minimum atomic E-state index is -4.36. The second-order valence-corrected chi connectivity index (χ2v) is 9.50. The zero-order valence-electron chi connectivity index (χ0n) is 18.0. The Morgan fingerprint density at radius 2 is 1.97 bits per heavy atom. The number of benzene rings is 1. The van der Waals surface area contributed by atoms with Gasteiger partial charge in [-0.1, -0.05) is 6.07 Å². The molecule has 2 heterocycles. The zero-order valence-corrected chi connectivity index (χ0v) is 18.8. The molecule has 0 amide bonds. The summed E-state index contributed by atoms with van der Waals surface area (Å²) in [7, 11) is 0. The van der Waals surface area contributed by atoms with E-state index in [1.807, 2.05) is 19.1 Å². The van der Waals surface area contributed by atoms with Crippen molar-refractivity contribution < 1.29 is 18.3 Å². The molecule has 1 aliphatic rings. The summed E-state index contributed by atoms with van der Waals surface area (Å²) in [6.45, 7) is 2.76. The van der Waals surface area contributed by atoms with Crippen molar-refractivity contribution in [1.29, 1.82) is 0 Å². The van der Waals surface area contributed by atoms with Gasteiger partial charge in [-0.05, 0) is 56.7 Å². The fourth-order valence-corrected chi connectivity index (χ4v) is 5.13. The van der Waals surface area contributed by atoms with Crippen molar-refractivity contribution in [3.8, 4) is 0 Å². The van der Waals surface area contributed by atoms with Gasteiger partial charge >= 0.3 is 6.18 Å². The summed E-state index contributed by atoms with van der Waals surface area (Å²) in [5.41, 5.74) is 3.52. The molecule has 0 bridgehead atoms. The van der Waals surface area contributed by atoms with E-state index < -0.39 is 12.7 Å². The Kier molecular flexibility index (Phi) is 6.52. The lowest BCUT2D eigenvalue weighted by Crippen LogP contribution is -2.24. The van der Waals surface area contributed by atoms with Crippen LogP contribution in [0, 0.1) is 19.8 Å². The second-order valence-electron chi connectivity index (χ2n) is 8.39. The minimum absolute atomic E-state index is 0.0531. The summed E-state index contributed by atoms with van der Waals surface area (Å²) in [6, 6.07) is 6.21. The molecular formula is C22H26F3N5OS. The normalized spacial score (nSPS) is 18.9. The van der Waals surface area contributed by atoms with Crippen LogP contribution in [0.1, 0.15) is 41.1 Å². The maximum absolute atomic E-state index is 12.7. The molecule has 0 saturated heterocycles. The Labute approximate surface area is 188 Å². The molecule has 2 atom stereocenters. The van der Waals surface area contributed by atoms with Gasteiger partial charge in [0.05, 0.1) is 15.2 Å². The summed E-state index contributed by atoms with van der Waals surface area (Å²) < 4.78 is 39.1. The molecule has 10 heteroatoms. The van der Waals surface area contributed by atoms with Crippen molar-refractivity contribution in [3.05, 3.63) is 40.0 Å². The molecule has 4 rings (SSSR count). The van der Waals surface area contributed by atoms with Crippen molar-refractivity contribution in [2.24, 2.45) is 5.92 Å². The number of aliphatic hydroxyl groups is 1. The maximum Gasteiger partial charge on any atom is 0.405 e. The number of aryl methyl sites for hydroxylation is 2. The van der Waals surface area contributed by atoms with Gasteiger partial charge < -0.3 is 15.7 Å². The Morgan fingerprint density at radius 1 is 1.16 bits per heavy atom. The molecule has 6 nitrogen and oxygen atoms in total. The lowest BCUT2D eigenvalue weighted by molar-refractivity contribution is -0.115. The molecule has 1 fully saturated rings. The minimum Gasteiger partial charge on any atom is -0.396 e. The van der Waals surface area contributed by atoms with Gasteiger partial charge in [-0.3, -0.25) is 0 Å². The van der Waals surface area contributed by atoms with Crippen LogP contribution in [0.15, 0.2) is 18.2 Å².